The molecule has 1 amide bonds. The number of methoxy groups -OCH3 is 1. The molecule has 4 aromatic rings. The number of nitrogens with one attached hydrogen (secondary N) is 1. The van der Waals surface area contributed by atoms with Gasteiger partial charge in [-0.3, -0.25) is 14.9 Å². The number of amides is 1. The number of thioether (sulfide) groups is 1. The number of fused-ring (bicyclic) bond motifs is 1. The highest BCUT2D eigenvalue weighted by molar-refractivity contribution is 7.99. The van der Waals surface area contributed by atoms with E-state index in [1.54, 1.807) is 25.3 Å². The fourth-order valence-electron chi connectivity index (χ4n) is 3.03. The van der Waals surface area contributed by atoms with Crippen LogP contribution in [0.25, 0.3) is 22.3 Å². The standard InChI is InChI=1S/C22H21N5O2S/c1-27(13-15-6-7-17-12-18(29-2)9-8-16(17)11-15)20(28)14-30-22-24-21(25-26-22)19-5-3-4-10-23-19/h3-12H,13-14H2,1-2H3,(H,24,25,26). The van der Waals surface area contributed by atoms with Gasteiger partial charge < -0.3 is 9.64 Å². The number of hydrogen-bond acceptors (Lipinski definition) is 6. The number of pyridine rings is 1. The van der Waals surface area contributed by atoms with E-state index in [0.717, 1.165) is 22.1 Å². The maximum Gasteiger partial charge on any atom is 0.233 e. The van der Waals surface area contributed by atoms with Crippen LogP contribution in [0, 0.1) is 0 Å². The summed E-state index contributed by atoms with van der Waals surface area (Å²) in [6, 6.07) is 17.7. The molecule has 2 aromatic carbocycles. The molecule has 0 aliphatic rings. The first-order chi connectivity index (χ1) is 14.6. The van der Waals surface area contributed by atoms with Gasteiger partial charge in [0.2, 0.25) is 11.1 Å². The van der Waals surface area contributed by atoms with Crippen LogP contribution in [0.4, 0.5) is 0 Å². The molecule has 7 nitrogen and oxygen atoms in total. The van der Waals surface area contributed by atoms with Crippen LogP contribution in [0.15, 0.2) is 66.0 Å². The highest BCUT2D eigenvalue weighted by Crippen LogP contribution is 2.23. The Morgan fingerprint density at radius 2 is 1.97 bits per heavy atom. The second-order valence-electron chi connectivity index (χ2n) is 6.77. The van der Waals surface area contributed by atoms with E-state index in [1.807, 2.05) is 48.5 Å². The molecule has 8 heteroatoms. The third kappa shape index (κ3) is 4.60. The normalized spacial score (nSPS) is 10.9. The van der Waals surface area contributed by atoms with Gasteiger partial charge in [0.25, 0.3) is 0 Å². The fraction of sp³-hybridized carbons (Fsp3) is 0.182. The molecular formula is C22H21N5O2S. The lowest BCUT2D eigenvalue weighted by molar-refractivity contribution is -0.127. The number of rotatable bonds is 7. The molecule has 0 bridgehead atoms. The molecule has 0 fully saturated rings. The summed E-state index contributed by atoms with van der Waals surface area (Å²) in [5.74, 6) is 1.70. The van der Waals surface area contributed by atoms with Crippen molar-refractivity contribution < 1.29 is 9.53 Å². The van der Waals surface area contributed by atoms with E-state index in [4.69, 9.17) is 4.74 Å². The highest BCUT2D eigenvalue weighted by Gasteiger charge is 2.13. The van der Waals surface area contributed by atoms with Gasteiger partial charge in [0.15, 0.2) is 5.82 Å². The monoisotopic (exact) mass is 419 g/mol. The summed E-state index contributed by atoms with van der Waals surface area (Å²) in [5, 5.41) is 9.77. The summed E-state index contributed by atoms with van der Waals surface area (Å²) in [7, 11) is 3.46. The molecule has 0 atom stereocenters. The summed E-state index contributed by atoms with van der Waals surface area (Å²) in [6.45, 7) is 0.536. The van der Waals surface area contributed by atoms with Gasteiger partial charge in [0.05, 0.1) is 12.9 Å². The molecule has 0 saturated carbocycles. The Bertz CT molecular complexity index is 1160. The third-order valence-corrected chi connectivity index (χ3v) is 5.49. The van der Waals surface area contributed by atoms with E-state index in [1.165, 1.54) is 11.8 Å². The first-order valence-corrected chi connectivity index (χ1v) is 10.4. The first-order valence-electron chi connectivity index (χ1n) is 9.39. The number of carbonyl (C=O) groups excluding carboxylic acids is 1. The van der Waals surface area contributed by atoms with Crippen LogP contribution in [0.3, 0.4) is 0 Å². The van der Waals surface area contributed by atoms with E-state index in [-0.39, 0.29) is 11.7 Å². The number of hydrogen-bond donors (Lipinski definition) is 1. The Morgan fingerprint density at radius 1 is 1.13 bits per heavy atom. The summed E-state index contributed by atoms with van der Waals surface area (Å²) >= 11 is 1.30. The summed E-state index contributed by atoms with van der Waals surface area (Å²) < 4.78 is 5.27. The van der Waals surface area contributed by atoms with Gasteiger partial charge in [-0.25, -0.2) is 0 Å². The lowest BCUT2D eigenvalue weighted by atomic mass is 10.1. The first kappa shape index (κ1) is 19.9. The predicted octanol–water partition coefficient (Wildman–Crippen LogP) is 3.78. The summed E-state index contributed by atoms with van der Waals surface area (Å²) in [6.07, 6.45) is 1.70. The zero-order valence-electron chi connectivity index (χ0n) is 16.7. The maximum atomic E-state index is 12.6. The van der Waals surface area contributed by atoms with E-state index < -0.39 is 0 Å². The SMILES string of the molecule is COc1ccc2cc(CN(C)C(=O)CSc3n[nH]c(-c4ccccn4)n3)ccc2c1. The van der Waals surface area contributed by atoms with E-state index in [0.29, 0.717) is 23.2 Å². The quantitative estimate of drug-likeness (QED) is 0.459. The minimum absolute atomic E-state index is 0.0130. The Morgan fingerprint density at radius 3 is 2.77 bits per heavy atom. The molecule has 2 heterocycles. The van der Waals surface area contributed by atoms with Crippen molar-refractivity contribution >= 4 is 28.4 Å². The van der Waals surface area contributed by atoms with Crippen molar-refractivity contribution in [2.24, 2.45) is 0 Å². The Balaban J connectivity index is 1.35. The molecule has 152 valence electrons. The van der Waals surface area contributed by atoms with Crippen LogP contribution in [0.1, 0.15) is 5.56 Å². The van der Waals surface area contributed by atoms with Gasteiger partial charge in [-0.1, -0.05) is 36.0 Å². The molecule has 0 aliphatic heterocycles. The topological polar surface area (TPSA) is 84.0 Å². The lowest BCUT2D eigenvalue weighted by Gasteiger charge is -2.17. The fourth-order valence-corrected chi connectivity index (χ4v) is 3.76. The average molecular weight is 420 g/mol. The van der Waals surface area contributed by atoms with Crippen molar-refractivity contribution in [2.45, 2.75) is 11.7 Å². The van der Waals surface area contributed by atoms with Gasteiger partial charge in [-0.05, 0) is 46.7 Å². The van der Waals surface area contributed by atoms with E-state index in [9.17, 15) is 4.79 Å². The maximum absolute atomic E-state index is 12.6. The minimum atomic E-state index is 0.0130. The number of nitrogens with zero attached hydrogens (tertiary/aromatic N) is 4. The second kappa shape index (κ2) is 8.96. The van der Waals surface area contributed by atoms with Crippen LogP contribution in [-0.4, -0.2) is 50.9 Å². The Labute approximate surface area is 178 Å². The van der Waals surface area contributed by atoms with Crippen molar-refractivity contribution in [3.63, 3.8) is 0 Å². The molecular weight excluding hydrogens is 398 g/mol. The minimum Gasteiger partial charge on any atom is -0.497 e. The average Bonchev–Trinajstić information content (AvgIpc) is 3.26. The summed E-state index contributed by atoms with van der Waals surface area (Å²) in [4.78, 5) is 22.9. The van der Waals surface area contributed by atoms with Crippen molar-refractivity contribution in [1.29, 1.82) is 0 Å². The molecule has 0 saturated heterocycles. The van der Waals surface area contributed by atoms with Crippen LogP contribution in [-0.2, 0) is 11.3 Å². The molecule has 0 unspecified atom stereocenters. The molecule has 0 spiro atoms. The van der Waals surface area contributed by atoms with Crippen molar-refractivity contribution in [3.05, 3.63) is 66.4 Å². The smallest absolute Gasteiger partial charge is 0.233 e. The number of aromatic amines is 1. The van der Waals surface area contributed by atoms with Crippen LogP contribution in [0.5, 0.6) is 5.75 Å². The molecule has 0 radical (unpaired) electrons. The second-order valence-corrected chi connectivity index (χ2v) is 7.71. The predicted molar refractivity (Wildman–Crippen MR) is 117 cm³/mol. The lowest BCUT2D eigenvalue weighted by Crippen LogP contribution is -2.27. The molecule has 2 aromatic heterocycles. The van der Waals surface area contributed by atoms with Gasteiger partial charge in [0.1, 0.15) is 11.4 Å². The zero-order chi connectivity index (χ0) is 20.9. The Hall–Kier alpha value is -3.39. The van der Waals surface area contributed by atoms with Gasteiger partial charge in [0, 0.05) is 19.8 Å². The van der Waals surface area contributed by atoms with E-state index in [2.05, 4.69) is 26.2 Å². The molecule has 30 heavy (non-hydrogen) atoms. The number of carbonyl (C=O) groups is 1. The largest absolute Gasteiger partial charge is 0.497 e. The van der Waals surface area contributed by atoms with Crippen molar-refractivity contribution in [1.82, 2.24) is 25.1 Å². The number of benzene rings is 2. The highest BCUT2D eigenvalue weighted by atomic mass is 32.2. The zero-order valence-corrected chi connectivity index (χ0v) is 17.5. The van der Waals surface area contributed by atoms with Crippen LogP contribution < -0.4 is 4.74 Å². The third-order valence-electron chi connectivity index (χ3n) is 4.65. The van der Waals surface area contributed by atoms with Crippen LogP contribution >= 0.6 is 11.8 Å². The van der Waals surface area contributed by atoms with Crippen molar-refractivity contribution in [2.75, 3.05) is 19.9 Å². The van der Waals surface area contributed by atoms with E-state index >= 15 is 0 Å². The van der Waals surface area contributed by atoms with Gasteiger partial charge >= 0.3 is 0 Å². The number of H-pyrrole nitrogens is 1. The molecule has 1 N–H and O–H groups in total. The molecule has 4 rings (SSSR count). The number of ether oxygens (including phenoxy) is 1. The van der Waals surface area contributed by atoms with Crippen LogP contribution in [0.2, 0.25) is 0 Å². The summed E-state index contributed by atoms with van der Waals surface area (Å²) in [5.41, 5.74) is 1.79. The van der Waals surface area contributed by atoms with Gasteiger partial charge in [-0.2, -0.15) is 4.98 Å². The molecule has 0 aliphatic carbocycles. The Kier molecular flexibility index (Phi) is 5.94. The number of aromatic nitrogens is 4. The van der Waals surface area contributed by atoms with Gasteiger partial charge in [-0.15, -0.1) is 5.10 Å². The van der Waals surface area contributed by atoms with Crippen molar-refractivity contribution in [3.8, 4) is 17.3 Å².